The van der Waals surface area contributed by atoms with Crippen LogP contribution in [0.1, 0.15) is 32.6 Å². The van der Waals surface area contributed by atoms with Crippen molar-refractivity contribution in [2.24, 2.45) is 5.92 Å². The fourth-order valence-electron chi connectivity index (χ4n) is 3.02. The van der Waals surface area contributed by atoms with Gasteiger partial charge < -0.3 is 9.84 Å². The van der Waals surface area contributed by atoms with Crippen LogP contribution in [0.25, 0.3) is 0 Å². The number of sulfonamides is 1. The van der Waals surface area contributed by atoms with Crippen molar-refractivity contribution in [2.75, 3.05) is 20.2 Å². The Bertz CT molecular complexity index is 459. The van der Waals surface area contributed by atoms with E-state index in [1.165, 1.54) is 11.4 Å². The highest BCUT2D eigenvalue weighted by Gasteiger charge is 2.47. The molecule has 110 valence electrons. The molecular formula is C12H21NO5S. The summed E-state index contributed by atoms with van der Waals surface area (Å²) in [5.41, 5.74) is -0.966. The molecule has 0 aromatic rings. The number of carbonyl (C=O) groups excluding carboxylic acids is 1. The lowest BCUT2D eigenvalue weighted by molar-refractivity contribution is -0.145. The van der Waals surface area contributed by atoms with Crippen LogP contribution >= 0.6 is 0 Å². The number of esters is 1. The number of ether oxygens (including phenoxy) is 1. The van der Waals surface area contributed by atoms with E-state index in [4.69, 9.17) is 4.74 Å². The van der Waals surface area contributed by atoms with Crippen LogP contribution in [-0.2, 0) is 19.6 Å². The molecule has 1 N–H and O–H groups in total. The number of aliphatic hydroxyl groups is 1. The van der Waals surface area contributed by atoms with Gasteiger partial charge in [0.15, 0.2) is 0 Å². The van der Waals surface area contributed by atoms with E-state index in [1.807, 2.05) is 0 Å². The number of β-amino-alcohol motifs (C(OH)–C–C–N with tert-alkyl or cyclic N) is 1. The van der Waals surface area contributed by atoms with Crippen LogP contribution in [0.3, 0.4) is 0 Å². The smallest absolute Gasteiger partial charge is 0.310 e. The van der Waals surface area contributed by atoms with E-state index in [1.54, 1.807) is 6.92 Å². The Morgan fingerprint density at radius 2 is 2.11 bits per heavy atom. The van der Waals surface area contributed by atoms with Gasteiger partial charge in [0.2, 0.25) is 10.0 Å². The van der Waals surface area contributed by atoms with Gasteiger partial charge in [0.1, 0.15) is 0 Å². The van der Waals surface area contributed by atoms with Crippen LogP contribution in [-0.4, -0.2) is 54.8 Å². The predicted molar refractivity (Wildman–Crippen MR) is 68.9 cm³/mol. The van der Waals surface area contributed by atoms with Crippen molar-refractivity contribution in [1.29, 1.82) is 0 Å². The number of hydrogen-bond acceptors (Lipinski definition) is 5. The van der Waals surface area contributed by atoms with Crippen LogP contribution < -0.4 is 0 Å². The van der Waals surface area contributed by atoms with Crippen LogP contribution in [0.15, 0.2) is 0 Å². The lowest BCUT2D eigenvalue weighted by atomic mass is 10.1. The summed E-state index contributed by atoms with van der Waals surface area (Å²) in [6.45, 7) is 2.06. The Morgan fingerprint density at radius 3 is 2.63 bits per heavy atom. The molecular weight excluding hydrogens is 270 g/mol. The number of methoxy groups -OCH3 is 1. The summed E-state index contributed by atoms with van der Waals surface area (Å²) in [5.74, 6) is -1.02. The molecule has 6 nitrogen and oxygen atoms in total. The molecule has 1 saturated heterocycles. The highest BCUT2D eigenvalue weighted by molar-refractivity contribution is 7.89. The number of rotatable bonds is 3. The molecule has 2 rings (SSSR count). The summed E-state index contributed by atoms with van der Waals surface area (Å²) < 4.78 is 31.1. The quantitative estimate of drug-likeness (QED) is 0.746. The molecule has 0 bridgehead atoms. The first-order valence-electron chi connectivity index (χ1n) is 6.57. The van der Waals surface area contributed by atoms with E-state index < -0.39 is 32.8 Å². The zero-order valence-electron chi connectivity index (χ0n) is 11.3. The summed E-state index contributed by atoms with van der Waals surface area (Å²) in [7, 11) is -2.26. The summed E-state index contributed by atoms with van der Waals surface area (Å²) in [5, 5.41) is 9.19. The summed E-state index contributed by atoms with van der Waals surface area (Å²) in [6.07, 6.45) is 2.19. The van der Waals surface area contributed by atoms with E-state index in [0.717, 1.165) is 0 Å². The minimum absolute atomic E-state index is 0.111. The largest absolute Gasteiger partial charge is 0.469 e. The van der Waals surface area contributed by atoms with Gasteiger partial charge in [-0.25, -0.2) is 8.42 Å². The maximum Gasteiger partial charge on any atom is 0.310 e. The van der Waals surface area contributed by atoms with E-state index in [0.29, 0.717) is 32.2 Å². The average Bonchev–Trinajstić information content (AvgIpc) is 2.94. The van der Waals surface area contributed by atoms with Crippen LogP contribution in [0.4, 0.5) is 0 Å². The third-order valence-corrected chi connectivity index (χ3v) is 6.48. The molecule has 2 aliphatic rings. The van der Waals surface area contributed by atoms with Gasteiger partial charge in [-0.05, 0) is 26.2 Å². The molecule has 3 unspecified atom stereocenters. The molecule has 0 radical (unpaired) electrons. The number of carbonyl (C=O) groups is 1. The molecule has 0 aromatic carbocycles. The first-order valence-corrected chi connectivity index (χ1v) is 8.07. The second-order valence-electron chi connectivity index (χ2n) is 5.72. The van der Waals surface area contributed by atoms with Crippen molar-refractivity contribution in [3.05, 3.63) is 0 Å². The van der Waals surface area contributed by atoms with Gasteiger partial charge >= 0.3 is 5.97 Å². The zero-order chi connectivity index (χ0) is 14.3. The molecule has 3 atom stereocenters. The lowest BCUT2D eigenvalue weighted by Gasteiger charge is -2.25. The maximum absolute atomic E-state index is 12.6. The maximum atomic E-state index is 12.6. The monoisotopic (exact) mass is 291 g/mol. The molecule has 0 aromatic heterocycles. The zero-order valence-corrected chi connectivity index (χ0v) is 12.1. The molecule has 19 heavy (non-hydrogen) atoms. The Morgan fingerprint density at radius 1 is 1.42 bits per heavy atom. The van der Waals surface area contributed by atoms with Crippen molar-refractivity contribution in [3.8, 4) is 0 Å². The molecule has 1 saturated carbocycles. The SMILES string of the molecule is COC(=O)C1CCCC1S(=O)(=O)N1CCC(C)(O)C1. The topological polar surface area (TPSA) is 83.9 Å². The molecule has 1 aliphatic heterocycles. The van der Waals surface area contributed by atoms with Gasteiger partial charge in [-0.3, -0.25) is 4.79 Å². The fraction of sp³-hybridized carbons (Fsp3) is 0.917. The second kappa shape index (κ2) is 5.03. The van der Waals surface area contributed by atoms with Gasteiger partial charge in [-0.2, -0.15) is 4.31 Å². The minimum Gasteiger partial charge on any atom is -0.469 e. The fourth-order valence-corrected chi connectivity index (χ4v) is 5.33. The summed E-state index contributed by atoms with van der Waals surface area (Å²) in [4.78, 5) is 11.7. The van der Waals surface area contributed by atoms with Crippen molar-refractivity contribution in [2.45, 2.75) is 43.5 Å². The standard InChI is InChI=1S/C12H21NO5S/c1-12(15)6-7-13(8-12)19(16,17)10-5-3-4-9(10)11(14)18-2/h9-10,15H,3-8H2,1-2H3. The highest BCUT2D eigenvalue weighted by atomic mass is 32.2. The van der Waals surface area contributed by atoms with E-state index in [9.17, 15) is 18.3 Å². The molecule has 0 spiro atoms. The van der Waals surface area contributed by atoms with Gasteiger partial charge in [-0.15, -0.1) is 0 Å². The first-order chi connectivity index (χ1) is 8.78. The number of nitrogens with zero attached hydrogens (tertiary/aromatic N) is 1. The van der Waals surface area contributed by atoms with Gasteiger partial charge in [0, 0.05) is 13.1 Å². The van der Waals surface area contributed by atoms with Crippen molar-refractivity contribution in [3.63, 3.8) is 0 Å². The molecule has 1 aliphatic carbocycles. The van der Waals surface area contributed by atoms with Gasteiger partial charge in [0.05, 0.1) is 23.9 Å². The Balaban J connectivity index is 2.18. The van der Waals surface area contributed by atoms with E-state index in [2.05, 4.69) is 0 Å². The van der Waals surface area contributed by atoms with Crippen molar-refractivity contribution >= 4 is 16.0 Å². The van der Waals surface area contributed by atoms with Gasteiger partial charge in [0.25, 0.3) is 0 Å². The Kier molecular flexibility index (Phi) is 3.90. The van der Waals surface area contributed by atoms with E-state index >= 15 is 0 Å². The third kappa shape index (κ3) is 2.78. The molecule has 7 heteroatoms. The first kappa shape index (κ1) is 14.7. The Hall–Kier alpha value is -0.660. The van der Waals surface area contributed by atoms with Crippen LogP contribution in [0.5, 0.6) is 0 Å². The third-order valence-electron chi connectivity index (χ3n) is 4.12. The number of hydrogen-bond donors (Lipinski definition) is 1. The summed E-state index contributed by atoms with van der Waals surface area (Å²) >= 11 is 0. The van der Waals surface area contributed by atoms with Crippen molar-refractivity contribution in [1.82, 2.24) is 4.31 Å². The molecule has 0 amide bonds. The second-order valence-corrected chi connectivity index (χ2v) is 7.88. The van der Waals surface area contributed by atoms with Crippen LogP contribution in [0.2, 0.25) is 0 Å². The van der Waals surface area contributed by atoms with Crippen LogP contribution in [0, 0.1) is 5.92 Å². The Labute approximate surface area is 113 Å². The van der Waals surface area contributed by atoms with Crippen molar-refractivity contribution < 1.29 is 23.1 Å². The average molecular weight is 291 g/mol. The van der Waals surface area contributed by atoms with E-state index in [-0.39, 0.29) is 6.54 Å². The summed E-state index contributed by atoms with van der Waals surface area (Å²) in [6, 6.07) is 0. The minimum atomic E-state index is -3.54. The predicted octanol–water partition coefficient (Wildman–Crippen LogP) is 0.115. The molecule has 2 fully saturated rings. The van der Waals surface area contributed by atoms with Gasteiger partial charge in [-0.1, -0.05) is 6.42 Å². The lowest BCUT2D eigenvalue weighted by Crippen LogP contribution is -2.43. The molecule has 1 heterocycles. The normalized spacial score (nSPS) is 36.6. The highest BCUT2D eigenvalue weighted by Crippen LogP contribution is 2.36.